The molecule has 2 aromatic rings. The second-order valence-electron chi connectivity index (χ2n) is 5.46. The van der Waals surface area contributed by atoms with Crippen molar-refractivity contribution in [3.63, 3.8) is 0 Å². The van der Waals surface area contributed by atoms with Gasteiger partial charge in [-0.3, -0.25) is 0 Å². The molecule has 2 heterocycles. The van der Waals surface area contributed by atoms with Crippen LogP contribution in [0.3, 0.4) is 0 Å². The molecule has 0 aliphatic heterocycles. The van der Waals surface area contributed by atoms with Crippen molar-refractivity contribution >= 4 is 17.2 Å². The van der Waals surface area contributed by atoms with Gasteiger partial charge in [-0.05, 0) is 25.0 Å². The summed E-state index contributed by atoms with van der Waals surface area (Å²) >= 11 is 0. The summed E-state index contributed by atoms with van der Waals surface area (Å²) in [6.07, 6.45) is 5.75. The Morgan fingerprint density at radius 1 is 1.26 bits per heavy atom. The minimum Gasteiger partial charge on any atom is -0.477 e. The van der Waals surface area contributed by atoms with Crippen LogP contribution in [0.2, 0.25) is 0 Å². The second kappa shape index (κ2) is 4.33. The largest absolute Gasteiger partial charge is 0.477 e. The lowest BCUT2D eigenvalue weighted by molar-refractivity contribution is 0.0691. The smallest absolute Gasteiger partial charge is 0.354 e. The highest BCUT2D eigenvalue weighted by Gasteiger charge is 2.34. The fourth-order valence-electron chi connectivity index (χ4n) is 2.74. The quantitative estimate of drug-likeness (QED) is 0.897. The standard InChI is InChI=1S/C14H16N2O3/c1-14(7-3-2-4-8-14)13-16-11-10(19-13)6-5-9(15-11)12(17)18/h5-6H,2-4,7-8H2,1H3,(H,17,18). The number of carboxylic acid groups (broad SMARTS) is 1. The normalized spacial score (nSPS) is 18.6. The van der Waals surface area contributed by atoms with Crippen molar-refractivity contribution in [2.24, 2.45) is 0 Å². The number of fused-ring (bicyclic) bond motifs is 1. The zero-order valence-corrected chi connectivity index (χ0v) is 10.8. The van der Waals surface area contributed by atoms with Gasteiger partial charge in [-0.15, -0.1) is 0 Å². The summed E-state index contributed by atoms with van der Waals surface area (Å²) in [6, 6.07) is 3.08. The molecule has 1 aliphatic rings. The van der Waals surface area contributed by atoms with Crippen LogP contribution in [0.25, 0.3) is 11.2 Å². The van der Waals surface area contributed by atoms with Gasteiger partial charge in [0, 0.05) is 5.41 Å². The minimum atomic E-state index is -1.05. The molecule has 1 aliphatic carbocycles. The summed E-state index contributed by atoms with van der Waals surface area (Å²) in [6.45, 7) is 2.16. The third-order valence-corrected chi connectivity index (χ3v) is 3.95. The number of pyridine rings is 1. The van der Waals surface area contributed by atoms with Crippen LogP contribution in [-0.4, -0.2) is 21.0 Å². The van der Waals surface area contributed by atoms with Crippen LogP contribution >= 0.6 is 0 Å². The molecule has 5 heteroatoms. The van der Waals surface area contributed by atoms with Gasteiger partial charge in [0.1, 0.15) is 0 Å². The SMILES string of the molecule is CC1(c2nc3nc(C(=O)O)ccc3o2)CCCCC1. The first-order valence-electron chi connectivity index (χ1n) is 6.60. The monoisotopic (exact) mass is 260 g/mol. The molecule has 0 bridgehead atoms. The van der Waals surface area contributed by atoms with Crippen LogP contribution < -0.4 is 0 Å². The summed E-state index contributed by atoms with van der Waals surface area (Å²) in [5, 5.41) is 8.93. The van der Waals surface area contributed by atoms with Crippen LogP contribution in [-0.2, 0) is 5.41 Å². The van der Waals surface area contributed by atoms with Crippen LogP contribution in [0.5, 0.6) is 0 Å². The highest BCUT2D eigenvalue weighted by molar-refractivity contribution is 5.87. The summed E-state index contributed by atoms with van der Waals surface area (Å²) in [4.78, 5) is 19.3. The van der Waals surface area contributed by atoms with E-state index in [9.17, 15) is 4.79 Å². The number of carbonyl (C=O) groups is 1. The van der Waals surface area contributed by atoms with Crippen molar-refractivity contribution in [2.45, 2.75) is 44.4 Å². The molecule has 0 atom stereocenters. The fourth-order valence-corrected chi connectivity index (χ4v) is 2.74. The van der Waals surface area contributed by atoms with Gasteiger partial charge in [-0.1, -0.05) is 26.2 Å². The van der Waals surface area contributed by atoms with Crippen LogP contribution in [0.4, 0.5) is 0 Å². The number of hydrogen-bond donors (Lipinski definition) is 1. The molecule has 0 unspecified atom stereocenters. The predicted octanol–water partition coefficient (Wildman–Crippen LogP) is 3.14. The van der Waals surface area contributed by atoms with Gasteiger partial charge in [0.25, 0.3) is 0 Å². The lowest BCUT2D eigenvalue weighted by Gasteiger charge is -2.29. The number of nitrogens with zero attached hydrogens (tertiary/aromatic N) is 2. The molecule has 3 rings (SSSR count). The molecule has 5 nitrogen and oxygen atoms in total. The number of carboxylic acids is 1. The molecule has 19 heavy (non-hydrogen) atoms. The maximum absolute atomic E-state index is 10.9. The van der Waals surface area contributed by atoms with Gasteiger partial charge >= 0.3 is 5.97 Å². The Balaban J connectivity index is 2.03. The molecule has 2 aromatic heterocycles. The zero-order chi connectivity index (χ0) is 13.5. The number of rotatable bonds is 2. The number of hydrogen-bond acceptors (Lipinski definition) is 4. The lowest BCUT2D eigenvalue weighted by Crippen LogP contribution is -2.25. The van der Waals surface area contributed by atoms with Crippen LogP contribution in [0.1, 0.15) is 55.4 Å². The predicted molar refractivity (Wildman–Crippen MR) is 69.2 cm³/mol. The third-order valence-electron chi connectivity index (χ3n) is 3.95. The molecule has 0 spiro atoms. The van der Waals surface area contributed by atoms with E-state index in [1.165, 1.54) is 25.3 Å². The van der Waals surface area contributed by atoms with E-state index in [1.807, 2.05) is 0 Å². The van der Waals surface area contributed by atoms with Crippen LogP contribution in [0.15, 0.2) is 16.5 Å². The first-order valence-corrected chi connectivity index (χ1v) is 6.60. The summed E-state index contributed by atoms with van der Waals surface area (Å²) < 4.78 is 5.78. The van der Waals surface area contributed by atoms with E-state index in [2.05, 4.69) is 16.9 Å². The van der Waals surface area contributed by atoms with Crippen molar-refractivity contribution < 1.29 is 14.3 Å². The average Bonchev–Trinajstić information content (AvgIpc) is 2.83. The maximum atomic E-state index is 10.9. The van der Waals surface area contributed by atoms with E-state index < -0.39 is 5.97 Å². The summed E-state index contributed by atoms with van der Waals surface area (Å²) in [5.74, 6) is -0.354. The van der Waals surface area contributed by atoms with Crippen molar-refractivity contribution in [3.05, 3.63) is 23.7 Å². The van der Waals surface area contributed by atoms with Crippen LogP contribution in [0, 0.1) is 0 Å². The molecule has 0 amide bonds. The first kappa shape index (κ1) is 12.1. The summed E-state index contributed by atoms with van der Waals surface area (Å²) in [7, 11) is 0. The molecule has 1 fully saturated rings. The average molecular weight is 260 g/mol. The number of aromatic carboxylic acids is 1. The molecule has 0 radical (unpaired) electrons. The Hall–Kier alpha value is -1.91. The Morgan fingerprint density at radius 3 is 2.68 bits per heavy atom. The molecule has 0 saturated heterocycles. The van der Waals surface area contributed by atoms with Gasteiger partial charge in [0.15, 0.2) is 16.9 Å². The van der Waals surface area contributed by atoms with E-state index in [0.29, 0.717) is 17.1 Å². The van der Waals surface area contributed by atoms with Gasteiger partial charge < -0.3 is 9.52 Å². The fraction of sp³-hybridized carbons (Fsp3) is 0.500. The van der Waals surface area contributed by atoms with Crippen molar-refractivity contribution in [1.29, 1.82) is 0 Å². The Labute approximate surface area is 110 Å². The van der Waals surface area contributed by atoms with Gasteiger partial charge in [-0.25, -0.2) is 9.78 Å². The third kappa shape index (κ3) is 2.09. The highest BCUT2D eigenvalue weighted by Crippen LogP contribution is 2.39. The topological polar surface area (TPSA) is 76.2 Å². The first-order chi connectivity index (χ1) is 9.08. The Morgan fingerprint density at radius 2 is 2.00 bits per heavy atom. The van der Waals surface area contributed by atoms with Gasteiger partial charge in [0.05, 0.1) is 0 Å². The van der Waals surface area contributed by atoms with E-state index in [-0.39, 0.29) is 11.1 Å². The molecular weight excluding hydrogens is 244 g/mol. The second-order valence-corrected chi connectivity index (χ2v) is 5.46. The van der Waals surface area contributed by atoms with E-state index in [1.54, 1.807) is 6.07 Å². The minimum absolute atomic E-state index is 0.00106. The highest BCUT2D eigenvalue weighted by atomic mass is 16.4. The van der Waals surface area contributed by atoms with E-state index in [0.717, 1.165) is 12.8 Å². The maximum Gasteiger partial charge on any atom is 0.354 e. The van der Waals surface area contributed by atoms with Crippen molar-refractivity contribution in [2.75, 3.05) is 0 Å². The summed E-state index contributed by atoms with van der Waals surface area (Å²) in [5.41, 5.74) is 0.914. The molecular formula is C14H16N2O3. The molecule has 0 aromatic carbocycles. The Kier molecular flexibility index (Phi) is 2.77. The molecule has 1 N–H and O–H groups in total. The van der Waals surface area contributed by atoms with E-state index >= 15 is 0 Å². The van der Waals surface area contributed by atoms with Crippen molar-refractivity contribution in [1.82, 2.24) is 9.97 Å². The molecule has 1 saturated carbocycles. The van der Waals surface area contributed by atoms with Crippen molar-refractivity contribution in [3.8, 4) is 0 Å². The molecule has 100 valence electrons. The lowest BCUT2D eigenvalue weighted by atomic mass is 9.76. The van der Waals surface area contributed by atoms with E-state index in [4.69, 9.17) is 9.52 Å². The van der Waals surface area contributed by atoms with Gasteiger partial charge in [0.2, 0.25) is 5.89 Å². The zero-order valence-electron chi connectivity index (χ0n) is 10.8. The number of aromatic nitrogens is 2. The Bertz CT molecular complexity index is 627. The number of oxazole rings is 1. The van der Waals surface area contributed by atoms with Gasteiger partial charge in [-0.2, -0.15) is 4.98 Å².